The fourth-order valence-electron chi connectivity index (χ4n) is 3.12. The number of rotatable bonds is 3. The number of nitrogens with zero attached hydrogens (tertiary/aromatic N) is 3. The molecule has 3 atom stereocenters. The second-order valence-corrected chi connectivity index (χ2v) is 6.21. The molecule has 0 aromatic carbocycles. The van der Waals surface area contributed by atoms with Crippen LogP contribution in [-0.4, -0.2) is 32.5 Å². The molecule has 2 aliphatic rings. The fraction of sp³-hybridized carbons (Fsp3) is 0.750. The van der Waals surface area contributed by atoms with Gasteiger partial charge in [0.05, 0.1) is 5.92 Å². The Kier molecular flexibility index (Phi) is 2.77. The van der Waals surface area contributed by atoms with Crippen LogP contribution in [-0.2, 0) is 4.79 Å². The maximum Gasteiger partial charge on any atom is 0.308 e. The predicted octanol–water partition coefficient (Wildman–Crippen LogP) is 2.10. The number of aromatic nitrogens is 2. The van der Waals surface area contributed by atoms with E-state index in [0.29, 0.717) is 12.0 Å². The van der Waals surface area contributed by atoms with E-state index in [1.807, 2.05) is 0 Å². The first-order valence-corrected chi connectivity index (χ1v) is 7.20. The van der Waals surface area contributed by atoms with Crippen molar-refractivity contribution in [3.05, 3.63) is 5.82 Å². The Hall–Kier alpha value is -1.17. The van der Waals surface area contributed by atoms with Gasteiger partial charge in [-0.25, -0.2) is 4.98 Å². The molecule has 2 saturated heterocycles. The van der Waals surface area contributed by atoms with Gasteiger partial charge < -0.3 is 10.0 Å². The maximum atomic E-state index is 11.2. The Balaban J connectivity index is 1.86. The van der Waals surface area contributed by atoms with Crippen molar-refractivity contribution in [1.29, 1.82) is 0 Å². The van der Waals surface area contributed by atoms with Crippen molar-refractivity contribution in [2.75, 3.05) is 4.90 Å². The zero-order valence-corrected chi connectivity index (χ0v) is 11.4. The van der Waals surface area contributed by atoms with Crippen molar-refractivity contribution < 1.29 is 9.90 Å². The minimum absolute atomic E-state index is 0.125. The summed E-state index contributed by atoms with van der Waals surface area (Å²) in [6.07, 6.45) is 2.82. The molecule has 2 fully saturated rings. The number of anilines is 1. The molecule has 1 N–H and O–H groups in total. The van der Waals surface area contributed by atoms with Crippen molar-refractivity contribution in [3.8, 4) is 0 Å². The molecule has 0 saturated carbocycles. The van der Waals surface area contributed by atoms with Gasteiger partial charge in [-0.3, -0.25) is 4.79 Å². The Labute approximate surface area is 110 Å². The summed E-state index contributed by atoms with van der Waals surface area (Å²) in [5.41, 5.74) is 0. The summed E-state index contributed by atoms with van der Waals surface area (Å²) in [7, 11) is 0. The molecule has 1 aromatic heterocycles. The molecule has 0 amide bonds. The van der Waals surface area contributed by atoms with Crippen LogP contribution in [0.5, 0.6) is 0 Å². The largest absolute Gasteiger partial charge is 0.481 e. The number of carbonyl (C=O) groups is 1. The number of carboxylic acid groups (broad SMARTS) is 1. The van der Waals surface area contributed by atoms with Gasteiger partial charge in [0, 0.05) is 29.5 Å². The third-order valence-electron chi connectivity index (χ3n) is 4.02. The second-order valence-electron chi connectivity index (χ2n) is 5.48. The molecule has 98 valence electrons. The average molecular weight is 267 g/mol. The molecule has 6 heteroatoms. The second kappa shape index (κ2) is 4.19. The van der Waals surface area contributed by atoms with E-state index in [-0.39, 0.29) is 12.0 Å². The quantitative estimate of drug-likeness (QED) is 0.908. The van der Waals surface area contributed by atoms with Crippen molar-refractivity contribution in [1.82, 2.24) is 9.36 Å². The first kappa shape index (κ1) is 11.9. The monoisotopic (exact) mass is 267 g/mol. The van der Waals surface area contributed by atoms with E-state index in [1.165, 1.54) is 11.5 Å². The van der Waals surface area contributed by atoms with E-state index in [1.54, 1.807) is 0 Å². The molecule has 2 bridgehead atoms. The zero-order valence-electron chi connectivity index (χ0n) is 10.5. The van der Waals surface area contributed by atoms with Crippen LogP contribution in [0.2, 0.25) is 0 Å². The summed E-state index contributed by atoms with van der Waals surface area (Å²) in [5, 5.41) is 10.1. The number of fused-ring (bicyclic) bond motifs is 2. The van der Waals surface area contributed by atoms with Gasteiger partial charge in [-0.1, -0.05) is 13.8 Å². The van der Waals surface area contributed by atoms with E-state index < -0.39 is 5.97 Å². The molecule has 18 heavy (non-hydrogen) atoms. The molecule has 3 unspecified atom stereocenters. The van der Waals surface area contributed by atoms with Crippen LogP contribution in [0.1, 0.15) is 44.9 Å². The first-order valence-electron chi connectivity index (χ1n) is 6.42. The third-order valence-corrected chi connectivity index (χ3v) is 4.77. The molecule has 1 aromatic rings. The molecule has 3 heterocycles. The Morgan fingerprint density at radius 1 is 1.50 bits per heavy atom. The molecule has 3 rings (SSSR count). The summed E-state index contributed by atoms with van der Waals surface area (Å²) in [6.45, 7) is 4.15. The lowest BCUT2D eigenvalue weighted by molar-refractivity contribution is -0.142. The standard InChI is InChI=1S/C12H17N3O2S/c1-6(2)10-13-12(18-14-10)15-7-3-4-9(15)8(5-7)11(16)17/h6-9H,3-5H2,1-2H3,(H,16,17). The minimum atomic E-state index is -0.666. The van der Waals surface area contributed by atoms with Gasteiger partial charge >= 0.3 is 5.97 Å². The van der Waals surface area contributed by atoms with Gasteiger partial charge in [0.1, 0.15) is 5.82 Å². The number of hydrogen-bond donors (Lipinski definition) is 1. The van der Waals surface area contributed by atoms with Crippen molar-refractivity contribution in [2.24, 2.45) is 5.92 Å². The molecule has 2 aliphatic heterocycles. The van der Waals surface area contributed by atoms with Crippen LogP contribution in [0.4, 0.5) is 5.13 Å². The fourth-order valence-corrected chi connectivity index (χ4v) is 4.06. The van der Waals surface area contributed by atoms with E-state index in [0.717, 1.165) is 30.2 Å². The Bertz CT molecular complexity index is 474. The van der Waals surface area contributed by atoms with Gasteiger partial charge in [0.25, 0.3) is 0 Å². The lowest BCUT2D eigenvalue weighted by Gasteiger charge is -2.21. The lowest BCUT2D eigenvalue weighted by Crippen LogP contribution is -2.32. The lowest BCUT2D eigenvalue weighted by atomic mass is 9.89. The molecule has 0 aliphatic carbocycles. The van der Waals surface area contributed by atoms with Gasteiger partial charge in [-0.05, 0) is 19.3 Å². The number of aliphatic carboxylic acids is 1. The van der Waals surface area contributed by atoms with Crippen molar-refractivity contribution >= 4 is 22.6 Å². The Morgan fingerprint density at radius 3 is 2.83 bits per heavy atom. The summed E-state index contributed by atoms with van der Waals surface area (Å²) < 4.78 is 4.37. The van der Waals surface area contributed by atoms with E-state index >= 15 is 0 Å². The number of hydrogen-bond acceptors (Lipinski definition) is 5. The maximum absolute atomic E-state index is 11.2. The highest BCUT2D eigenvalue weighted by molar-refractivity contribution is 7.09. The SMILES string of the molecule is CC(C)c1nsc(N2C3CCC2C(C(=O)O)C3)n1. The first-order chi connectivity index (χ1) is 8.58. The van der Waals surface area contributed by atoms with Gasteiger partial charge in [-0.15, -0.1) is 0 Å². The third kappa shape index (κ3) is 1.70. The average Bonchev–Trinajstić information content (AvgIpc) is 3.00. The van der Waals surface area contributed by atoms with Crippen LogP contribution < -0.4 is 4.90 Å². The summed E-state index contributed by atoms with van der Waals surface area (Å²) in [5.74, 6) is 0.301. The smallest absolute Gasteiger partial charge is 0.308 e. The highest BCUT2D eigenvalue weighted by Crippen LogP contribution is 2.45. The molecule has 5 nitrogen and oxygen atoms in total. The van der Waals surface area contributed by atoms with Crippen LogP contribution in [0.3, 0.4) is 0 Å². The van der Waals surface area contributed by atoms with Gasteiger partial charge in [0.2, 0.25) is 5.13 Å². The zero-order chi connectivity index (χ0) is 12.9. The molecular weight excluding hydrogens is 250 g/mol. The van der Waals surface area contributed by atoms with Gasteiger partial charge in [0.15, 0.2) is 0 Å². The summed E-state index contributed by atoms with van der Waals surface area (Å²) in [4.78, 5) is 18.0. The van der Waals surface area contributed by atoms with Crippen LogP contribution in [0.25, 0.3) is 0 Å². The van der Waals surface area contributed by atoms with E-state index in [9.17, 15) is 9.90 Å². The van der Waals surface area contributed by atoms with Crippen molar-refractivity contribution in [2.45, 2.75) is 51.1 Å². The van der Waals surface area contributed by atoms with Crippen LogP contribution in [0, 0.1) is 5.92 Å². The normalized spacial score (nSPS) is 30.4. The van der Waals surface area contributed by atoms with Gasteiger partial charge in [-0.2, -0.15) is 4.37 Å². The number of carboxylic acids is 1. The summed E-state index contributed by atoms with van der Waals surface area (Å²) in [6, 6.07) is 0.476. The summed E-state index contributed by atoms with van der Waals surface area (Å²) >= 11 is 1.41. The van der Waals surface area contributed by atoms with E-state index in [4.69, 9.17) is 0 Å². The van der Waals surface area contributed by atoms with Crippen LogP contribution in [0.15, 0.2) is 0 Å². The molecular formula is C12H17N3O2S. The topological polar surface area (TPSA) is 66.3 Å². The minimum Gasteiger partial charge on any atom is -0.481 e. The highest BCUT2D eigenvalue weighted by atomic mass is 32.1. The highest BCUT2D eigenvalue weighted by Gasteiger charge is 2.50. The predicted molar refractivity (Wildman–Crippen MR) is 69.0 cm³/mol. The molecule has 0 radical (unpaired) electrons. The Morgan fingerprint density at radius 2 is 2.28 bits per heavy atom. The van der Waals surface area contributed by atoms with E-state index in [2.05, 4.69) is 28.1 Å². The molecule has 0 spiro atoms. The van der Waals surface area contributed by atoms with Crippen molar-refractivity contribution in [3.63, 3.8) is 0 Å². The van der Waals surface area contributed by atoms with Crippen LogP contribution >= 0.6 is 11.5 Å².